The van der Waals surface area contributed by atoms with Gasteiger partial charge in [0, 0.05) is 5.69 Å². The van der Waals surface area contributed by atoms with E-state index in [1.165, 1.54) is 0 Å². The van der Waals surface area contributed by atoms with Gasteiger partial charge in [-0.15, -0.1) is 0 Å². The average Bonchev–Trinajstić information content (AvgIpc) is 2.41. The summed E-state index contributed by atoms with van der Waals surface area (Å²) >= 11 is 0. The molecule has 3 amide bonds. The van der Waals surface area contributed by atoms with Crippen LogP contribution in [-0.4, -0.2) is 24.5 Å². The normalized spacial score (nSPS) is 9.95. The number of aryl methyl sites for hydroxylation is 2. The van der Waals surface area contributed by atoms with Gasteiger partial charge < -0.3 is 10.1 Å². The zero-order valence-electron chi connectivity index (χ0n) is 12.9. The molecule has 1 aromatic rings. The van der Waals surface area contributed by atoms with E-state index in [9.17, 15) is 14.4 Å². The first-order chi connectivity index (χ1) is 9.77. The van der Waals surface area contributed by atoms with Crippen molar-refractivity contribution >= 4 is 23.6 Å². The van der Waals surface area contributed by atoms with Crippen LogP contribution in [0.3, 0.4) is 0 Å². The van der Waals surface area contributed by atoms with Crippen LogP contribution in [0, 0.1) is 27.7 Å². The smallest absolute Gasteiger partial charge is 0.397 e. The number of ether oxygens (including phenoxy) is 1. The summed E-state index contributed by atoms with van der Waals surface area (Å²) in [6, 6.07) is 1.19. The highest BCUT2D eigenvalue weighted by molar-refractivity contribution is 6.35. The van der Waals surface area contributed by atoms with Crippen molar-refractivity contribution in [3.8, 4) is 0 Å². The SMILES string of the molecule is CCOC(=O)C(=O)NC(=O)Nc1c(C)cc(C)c(C)c1C. The Hall–Kier alpha value is -2.37. The van der Waals surface area contributed by atoms with Gasteiger partial charge in [0.05, 0.1) is 6.61 Å². The number of hydrogen-bond donors (Lipinski definition) is 2. The van der Waals surface area contributed by atoms with Gasteiger partial charge in [-0.1, -0.05) is 6.07 Å². The van der Waals surface area contributed by atoms with E-state index >= 15 is 0 Å². The zero-order chi connectivity index (χ0) is 16.2. The van der Waals surface area contributed by atoms with Crippen molar-refractivity contribution in [3.05, 3.63) is 28.3 Å². The van der Waals surface area contributed by atoms with E-state index in [-0.39, 0.29) is 6.61 Å². The van der Waals surface area contributed by atoms with E-state index in [1.54, 1.807) is 6.92 Å². The Balaban J connectivity index is 2.83. The van der Waals surface area contributed by atoms with Crippen molar-refractivity contribution < 1.29 is 19.1 Å². The van der Waals surface area contributed by atoms with Crippen molar-refractivity contribution in [3.63, 3.8) is 0 Å². The van der Waals surface area contributed by atoms with Gasteiger partial charge in [-0.25, -0.2) is 9.59 Å². The molecule has 0 saturated heterocycles. The summed E-state index contributed by atoms with van der Waals surface area (Å²) in [5.41, 5.74) is 4.62. The van der Waals surface area contributed by atoms with Crippen LogP contribution in [0.4, 0.5) is 10.5 Å². The zero-order valence-corrected chi connectivity index (χ0v) is 12.9. The predicted octanol–water partition coefficient (Wildman–Crippen LogP) is 2.13. The van der Waals surface area contributed by atoms with E-state index < -0.39 is 17.9 Å². The van der Waals surface area contributed by atoms with E-state index in [0.29, 0.717) is 5.69 Å². The molecule has 21 heavy (non-hydrogen) atoms. The monoisotopic (exact) mass is 292 g/mol. The fourth-order valence-corrected chi connectivity index (χ4v) is 1.97. The minimum atomic E-state index is -1.09. The number of carbonyl (C=O) groups excluding carboxylic acids is 3. The number of amides is 3. The minimum Gasteiger partial charge on any atom is -0.459 e. The van der Waals surface area contributed by atoms with Crippen molar-refractivity contribution in [2.45, 2.75) is 34.6 Å². The molecule has 0 heterocycles. The molecule has 0 aliphatic carbocycles. The quantitative estimate of drug-likeness (QED) is 0.646. The van der Waals surface area contributed by atoms with Crippen LogP contribution >= 0.6 is 0 Å². The van der Waals surface area contributed by atoms with Crippen LogP contribution in [0.2, 0.25) is 0 Å². The van der Waals surface area contributed by atoms with Crippen LogP contribution in [0.25, 0.3) is 0 Å². The van der Waals surface area contributed by atoms with Gasteiger partial charge in [0.1, 0.15) is 0 Å². The molecule has 0 saturated carbocycles. The fourth-order valence-electron chi connectivity index (χ4n) is 1.97. The lowest BCUT2D eigenvalue weighted by atomic mass is 9.98. The van der Waals surface area contributed by atoms with E-state index in [1.807, 2.05) is 39.1 Å². The molecule has 0 bridgehead atoms. The Bertz CT molecular complexity index is 594. The number of anilines is 1. The molecule has 114 valence electrons. The molecule has 6 nitrogen and oxygen atoms in total. The van der Waals surface area contributed by atoms with Crippen LogP contribution in [0.1, 0.15) is 29.2 Å². The molecule has 0 aromatic heterocycles. The van der Waals surface area contributed by atoms with Gasteiger partial charge in [-0.3, -0.25) is 10.1 Å². The lowest BCUT2D eigenvalue weighted by Gasteiger charge is -2.15. The highest BCUT2D eigenvalue weighted by Crippen LogP contribution is 2.26. The summed E-state index contributed by atoms with van der Waals surface area (Å²) in [4.78, 5) is 34.3. The second-order valence-electron chi connectivity index (χ2n) is 4.76. The maximum absolute atomic E-state index is 11.8. The summed E-state index contributed by atoms with van der Waals surface area (Å²) in [6.45, 7) is 9.34. The Kier molecular flexibility index (Phi) is 5.46. The first kappa shape index (κ1) is 16.7. The van der Waals surface area contributed by atoms with Gasteiger partial charge in [0.15, 0.2) is 0 Å². The topological polar surface area (TPSA) is 84.5 Å². The molecule has 1 rings (SSSR count). The van der Waals surface area contributed by atoms with Crippen molar-refractivity contribution in [2.24, 2.45) is 0 Å². The molecule has 0 spiro atoms. The lowest BCUT2D eigenvalue weighted by molar-refractivity contribution is -0.154. The Morgan fingerprint density at radius 1 is 1.05 bits per heavy atom. The highest BCUT2D eigenvalue weighted by atomic mass is 16.5. The van der Waals surface area contributed by atoms with Gasteiger partial charge in [0.25, 0.3) is 0 Å². The molecular weight excluding hydrogens is 272 g/mol. The Morgan fingerprint density at radius 2 is 1.67 bits per heavy atom. The van der Waals surface area contributed by atoms with Crippen molar-refractivity contribution in [2.75, 3.05) is 11.9 Å². The first-order valence-electron chi connectivity index (χ1n) is 6.64. The molecule has 0 radical (unpaired) electrons. The second kappa shape index (κ2) is 6.88. The first-order valence-corrected chi connectivity index (χ1v) is 6.64. The molecule has 6 heteroatoms. The number of esters is 1. The average molecular weight is 292 g/mol. The largest absolute Gasteiger partial charge is 0.459 e. The van der Waals surface area contributed by atoms with Gasteiger partial charge in [-0.05, 0) is 56.9 Å². The Morgan fingerprint density at radius 3 is 2.24 bits per heavy atom. The third kappa shape index (κ3) is 4.05. The number of hydrogen-bond acceptors (Lipinski definition) is 4. The predicted molar refractivity (Wildman–Crippen MR) is 79.2 cm³/mol. The third-order valence-electron chi connectivity index (χ3n) is 3.28. The maximum Gasteiger partial charge on any atom is 0.397 e. The summed E-state index contributed by atoms with van der Waals surface area (Å²) in [7, 11) is 0. The van der Waals surface area contributed by atoms with Crippen LogP contribution in [0.5, 0.6) is 0 Å². The minimum absolute atomic E-state index is 0.0727. The number of rotatable bonds is 2. The van der Waals surface area contributed by atoms with Crippen molar-refractivity contribution in [1.29, 1.82) is 0 Å². The Labute approximate surface area is 123 Å². The van der Waals surface area contributed by atoms with E-state index in [2.05, 4.69) is 10.1 Å². The number of imide groups is 1. The second-order valence-corrected chi connectivity index (χ2v) is 4.76. The van der Waals surface area contributed by atoms with Gasteiger partial charge in [0.2, 0.25) is 0 Å². The molecule has 0 unspecified atom stereocenters. The van der Waals surface area contributed by atoms with Crippen LogP contribution < -0.4 is 10.6 Å². The number of carbonyl (C=O) groups is 3. The molecule has 2 N–H and O–H groups in total. The van der Waals surface area contributed by atoms with E-state index in [0.717, 1.165) is 22.3 Å². The standard InChI is InChI=1S/C15H20N2O4/c1-6-21-14(19)13(18)17-15(20)16-12-9(3)7-8(2)10(4)11(12)5/h7H,6H2,1-5H3,(H2,16,17,18,20). The van der Waals surface area contributed by atoms with Crippen molar-refractivity contribution in [1.82, 2.24) is 5.32 Å². The van der Waals surface area contributed by atoms with Gasteiger partial charge >= 0.3 is 17.9 Å². The van der Waals surface area contributed by atoms with E-state index in [4.69, 9.17) is 0 Å². The number of benzene rings is 1. The lowest BCUT2D eigenvalue weighted by Crippen LogP contribution is -2.40. The summed E-state index contributed by atoms with van der Waals surface area (Å²) in [5.74, 6) is -2.17. The molecular formula is C15H20N2O4. The molecule has 0 fully saturated rings. The molecule has 1 aromatic carbocycles. The summed E-state index contributed by atoms with van der Waals surface area (Å²) in [5, 5.41) is 4.53. The number of urea groups is 1. The highest BCUT2D eigenvalue weighted by Gasteiger charge is 2.19. The number of nitrogens with one attached hydrogen (secondary N) is 2. The molecule has 0 aliphatic rings. The van der Waals surface area contributed by atoms with Crippen LogP contribution in [-0.2, 0) is 14.3 Å². The maximum atomic E-state index is 11.8. The summed E-state index contributed by atoms with van der Waals surface area (Å²) < 4.78 is 4.51. The van der Waals surface area contributed by atoms with Crippen LogP contribution in [0.15, 0.2) is 6.07 Å². The third-order valence-corrected chi connectivity index (χ3v) is 3.28. The molecule has 0 atom stereocenters. The van der Waals surface area contributed by atoms with Gasteiger partial charge in [-0.2, -0.15) is 0 Å². The summed E-state index contributed by atoms with van der Waals surface area (Å²) in [6.07, 6.45) is 0. The fraction of sp³-hybridized carbons (Fsp3) is 0.400. The molecule has 0 aliphatic heterocycles.